The molecule has 0 bridgehead atoms. The predicted molar refractivity (Wildman–Crippen MR) is 64.2 cm³/mol. The zero-order valence-corrected chi connectivity index (χ0v) is 10.4. The fourth-order valence-corrected chi connectivity index (χ4v) is 2.03. The minimum absolute atomic E-state index is 0.0603. The maximum atomic E-state index is 13.5. The first-order valence-corrected chi connectivity index (χ1v) is 5.94. The second kappa shape index (κ2) is 5.72. The Bertz CT molecular complexity index is 323. The van der Waals surface area contributed by atoms with Gasteiger partial charge in [-0.3, -0.25) is 0 Å². The van der Waals surface area contributed by atoms with Gasteiger partial charge in [-0.05, 0) is 37.0 Å². The van der Waals surface area contributed by atoms with Crippen LogP contribution in [0.5, 0.6) is 0 Å². The van der Waals surface area contributed by atoms with Crippen LogP contribution in [0.4, 0.5) is 4.39 Å². The van der Waals surface area contributed by atoms with Crippen molar-refractivity contribution in [2.24, 2.45) is 5.92 Å². The Kier molecular flexibility index (Phi) is 4.88. The Balaban J connectivity index is 2.79. The molecule has 2 unspecified atom stereocenters. The summed E-state index contributed by atoms with van der Waals surface area (Å²) in [7, 11) is 0. The summed E-state index contributed by atoms with van der Waals surface area (Å²) in [4.78, 5) is 0. The molecular formula is C12H15Cl2F. The molecule has 1 rings (SSSR count). The van der Waals surface area contributed by atoms with Crippen LogP contribution in [0.1, 0.15) is 25.8 Å². The third-order valence-electron chi connectivity index (χ3n) is 2.67. The van der Waals surface area contributed by atoms with E-state index in [0.717, 1.165) is 6.42 Å². The summed E-state index contributed by atoms with van der Waals surface area (Å²) < 4.78 is 13.5. The molecule has 1 aromatic carbocycles. The monoisotopic (exact) mass is 248 g/mol. The predicted octanol–water partition coefficient (Wildman–Crippen LogP) is 4.68. The van der Waals surface area contributed by atoms with E-state index in [1.807, 2.05) is 6.92 Å². The third kappa shape index (κ3) is 3.66. The van der Waals surface area contributed by atoms with Crippen LogP contribution in [0.2, 0.25) is 5.02 Å². The zero-order valence-electron chi connectivity index (χ0n) is 8.93. The minimum atomic E-state index is -0.238. The largest absolute Gasteiger partial charge is 0.207 e. The summed E-state index contributed by atoms with van der Waals surface area (Å²) >= 11 is 11.7. The van der Waals surface area contributed by atoms with E-state index in [0.29, 0.717) is 22.9 Å². The van der Waals surface area contributed by atoms with Gasteiger partial charge >= 0.3 is 0 Å². The third-order valence-corrected chi connectivity index (χ3v) is 3.26. The summed E-state index contributed by atoms with van der Waals surface area (Å²) in [6.07, 6.45) is 1.62. The van der Waals surface area contributed by atoms with Gasteiger partial charge in [0.1, 0.15) is 5.82 Å². The van der Waals surface area contributed by atoms with Crippen molar-refractivity contribution in [3.8, 4) is 0 Å². The highest BCUT2D eigenvalue weighted by atomic mass is 35.5. The quantitative estimate of drug-likeness (QED) is 0.680. The molecule has 0 aliphatic carbocycles. The van der Waals surface area contributed by atoms with Crippen LogP contribution < -0.4 is 0 Å². The van der Waals surface area contributed by atoms with Gasteiger partial charge in [-0.25, -0.2) is 4.39 Å². The molecule has 1 aromatic rings. The molecule has 0 heterocycles. The van der Waals surface area contributed by atoms with E-state index in [4.69, 9.17) is 23.2 Å². The molecule has 0 amide bonds. The van der Waals surface area contributed by atoms with Gasteiger partial charge < -0.3 is 0 Å². The molecule has 0 saturated carbocycles. The number of halogens is 3. The van der Waals surface area contributed by atoms with Gasteiger partial charge in [0.15, 0.2) is 0 Å². The Morgan fingerprint density at radius 1 is 1.40 bits per heavy atom. The van der Waals surface area contributed by atoms with E-state index in [-0.39, 0.29) is 11.2 Å². The Hall–Kier alpha value is -0.270. The van der Waals surface area contributed by atoms with Gasteiger partial charge in [0.2, 0.25) is 0 Å². The van der Waals surface area contributed by atoms with Crippen LogP contribution in [0.3, 0.4) is 0 Å². The van der Waals surface area contributed by atoms with Crippen LogP contribution in [-0.2, 0) is 6.42 Å². The lowest BCUT2D eigenvalue weighted by atomic mass is 9.94. The summed E-state index contributed by atoms with van der Waals surface area (Å²) in [5, 5.41) is 0.494. The molecule has 0 radical (unpaired) electrons. The number of hydrogen-bond acceptors (Lipinski definition) is 0. The van der Waals surface area contributed by atoms with Gasteiger partial charge in [-0.1, -0.05) is 31.0 Å². The second-order valence-corrected chi connectivity index (χ2v) is 4.91. The van der Waals surface area contributed by atoms with Crippen LogP contribution in [-0.4, -0.2) is 5.38 Å². The van der Waals surface area contributed by atoms with E-state index in [1.54, 1.807) is 12.1 Å². The van der Waals surface area contributed by atoms with Crippen molar-refractivity contribution in [3.05, 3.63) is 34.6 Å². The van der Waals surface area contributed by atoms with Gasteiger partial charge in [0, 0.05) is 10.4 Å². The molecular weight excluding hydrogens is 234 g/mol. The van der Waals surface area contributed by atoms with Crippen LogP contribution >= 0.6 is 23.2 Å². The maximum Gasteiger partial charge on any atom is 0.127 e. The summed E-state index contributed by atoms with van der Waals surface area (Å²) in [5.41, 5.74) is 0.693. The zero-order chi connectivity index (χ0) is 11.4. The lowest BCUT2D eigenvalue weighted by Crippen LogP contribution is -2.14. The first-order valence-electron chi connectivity index (χ1n) is 5.12. The van der Waals surface area contributed by atoms with E-state index < -0.39 is 0 Å². The van der Waals surface area contributed by atoms with Crippen LogP contribution in [0.15, 0.2) is 18.2 Å². The van der Waals surface area contributed by atoms with E-state index in [2.05, 4.69) is 6.92 Å². The van der Waals surface area contributed by atoms with Crippen molar-refractivity contribution in [1.29, 1.82) is 0 Å². The average Bonchev–Trinajstić information content (AvgIpc) is 2.16. The molecule has 0 spiro atoms. The van der Waals surface area contributed by atoms with Crippen molar-refractivity contribution in [3.63, 3.8) is 0 Å². The summed E-state index contributed by atoms with van der Waals surface area (Å²) in [6, 6.07) is 4.80. The van der Waals surface area contributed by atoms with Crippen molar-refractivity contribution in [1.82, 2.24) is 0 Å². The Morgan fingerprint density at radius 2 is 2.07 bits per heavy atom. The van der Waals surface area contributed by atoms with Gasteiger partial charge in [0.25, 0.3) is 0 Å². The first kappa shape index (κ1) is 12.8. The molecule has 84 valence electrons. The van der Waals surface area contributed by atoms with Crippen molar-refractivity contribution >= 4 is 23.2 Å². The standard InChI is InChI=1S/C12H15Cl2F/c1-3-9(8(2)13)6-10-4-5-11(14)7-12(10)15/h4-5,7-9H,3,6H2,1-2H3. The van der Waals surface area contributed by atoms with Crippen molar-refractivity contribution in [2.75, 3.05) is 0 Å². The first-order chi connectivity index (χ1) is 7.04. The number of hydrogen-bond donors (Lipinski definition) is 0. The molecule has 2 atom stereocenters. The van der Waals surface area contributed by atoms with Gasteiger partial charge in [-0.2, -0.15) is 0 Å². The lowest BCUT2D eigenvalue weighted by Gasteiger charge is -2.17. The molecule has 0 saturated heterocycles. The molecule has 15 heavy (non-hydrogen) atoms. The average molecular weight is 249 g/mol. The molecule has 0 aromatic heterocycles. The van der Waals surface area contributed by atoms with Gasteiger partial charge in [0.05, 0.1) is 0 Å². The van der Waals surface area contributed by atoms with E-state index >= 15 is 0 Å². The topological polar surface area (TPSA) is 0 Å². The van der Waals surface area contributed by atoms with Crippen LogP contribution in [0, 0.1) is 11.7 Å². The molecule has 0 N–H and O–H groups in total. The molecule has 0 aliphatic heterocycles. The Labute approximate surface area is 100 Å². The summed E-state index contributed by atoms with van der Waals surface area (Å²) in [5.74, 6) is 0.0700. The molecule has 3 heteroatoms. The fraction of sp³-hybridized carbons (Fsp3) is 0.500. The van der Waals surface area contributed by atoms with Gasteiger partial charge in [-0.15, -0.1) is 11.6 Å². The van der Waals surface area contributed by atoms with E-state index in [1.165, 1.54) is 6.07 Å². The highest BCUT2D eigenvalue weighted by Gasteiger charge is 2.15. The SMILES string of the molecule is CCC(Cc1ccc(Cl)cc1F)C(C)Cl. The molecule has 0 fully saturated rings. The van der Waals surface area contributed by atoms with Crippen LogP contribution in [0.25, 0.3) is 0 Å². The minimum Gasteiger partial charge on any atom is -0.207 e. The number of benzene rings is 1. The number of alkyl halides is 1. The van der Waals surface area contributed by atoms with E-state index in [9.17, 15) is 4.39 Å². The number of rotatable bonds is 4. The van der Waals surface area contributed by atoms with Crippen molar-refractivity contribution in [2.45, 2.75) is 32.1 Å². The molecule has 0 nitrogen and oxygen atoms in total. The summed E-state index contributed by atoms with van der Waals surface area (Å²) in [6.45, 7) is 4.01. The Morgan fingerprint density at radius 3 is 2.53 bits per heavy atom. The highest BCUT2D eigenvalue weighted by Crippen LogP contribution is 2.23. The highest BCUT2D eigenvalue weighted by molar-refractivity contribution is 6.30. The smallest absolute Gasteiger partial charge is 0.127 e. The normalized spacial score (nSPS) is 15.0. The second-order valence-electron chi connectivity index (χ2n) is 3.79. The fourth-order valence-electron chi connectivity index (χ4n) is 1.60. The maximum absolute atomic E-state index is 13.5. The van der Waals surface area contributed by atoms with Crippen molar-refractivity contribution < 1.29 is 4.39 Å². The lowest BCUT2D eigenvalue weighted by molar-refractivity contribution is 0.482. The molecule has 0 aliphatic rings.